The highest BCUT2D eigenvalue weighted by molar-refractivity contribution is 7.11. The Bertz CT molecular complexity index is 474. The summed E-state index contributed by atoms with van der Waals surface area (Å²) in [5, 5.41) is 3.61. The first kappa shape index (κ1) is 16.7. The second-order valence-electron chi connectivity index (χ2n) is 6.32. The van der Waals surface area contributed by atoms with Gasteiger partial charge in [-0.2, -0.15) is 13.2 Å². The van der Waals surface area contributed by atoms with E-state index in [2.05, 4.69) is 10.3 Å². The Morgan fingerprint density at radius 1 is 1.33 bits per heavy atom. The first-order valence-corrected chi connectivity index (χ1v) is 7.89. The normalized spacial score (nSPS) is 20.2. The smallest absolute Gasteiger partial charge is 0.378 e. The van der Waals surface area contributed by atoms with Gasteiger partial charge in [0.25, 0.3) is 0 Å². The Hall–Kier alpha value is -0.660. The van der Waals surface area contributed by atoms with Crippen molar-refractivity contribution in [3.8, 4) is 0 Å². The molecule has 0 bridgehead atoms. The number of nitrogens with one attached hydrogen (secondary N) is 1. The van der Waals surface area contributed by atoms with Crippen molar-refractivity contribution in [2.45, 2.75) is 64.4 Å². The molecule has 1 aliphatic rings. The van der Waals surface area contributed by atoms with Crippen LogP contribution < -0.4 is 5.32 Å². The maximum absolute atomic E-state index is 13.1. The summed E-state index contributed by atoms with van der Waals surface area (Å²) < 4.78 is 44.7. The Kier molecular flexibility index (Phi) is 4.95. The Morgan fingerprint density at radius 3 is 2.57 bits per heavy atom. The first-order valence-electron chi connectivity index (χ1n) is 7.07. The molecule has 2 heterocycles. The van der Waals surface area contributed by atoms with Gasteiger partial charge in [-0.05, 0) is 33.6 Å². The standard InChI is InChI=1S/C14H21F3N2OS/c1-13(2,3)18-8-10-12(14(15,16)17)19-11(21-10)7-9-5-4-6-20-9/h9,18H,4-8H2,1-3H3. The number of halogens is 3. The highest BCUT2D eigenvalue weighted by atomic mass is 32.1. The van der Waals surface area contributed by atoms with E-state index in [4.69, 9.17) is 4.74 Å². The average Bonchev–Trinajstić information content (AvgIpc) is 2.94. The second kappa shape index (κ2) is 6.22. The molecule has 120 valence electrons. The van der Waals surface area contributed by atoms with E-state index in [1.807, 2.05) is 20.8 Å². The van der Waals surface area contributed by atoms with Crippen LogP contribution in [0.2, 0.25) is 0 Å². The van der Waals surface area contributed by atoms with Gasteiger partial charge in [0.15, 0.2) is 5.69 Å². The largest absolute Gasteiger partial charge is 0.434 e. The van der Waals surface area contributed by atoms with Gasteiger partial charge in [-0.3, -0.25) is 0 Å². The lowest BCUT2D eigenvalue weighted by Crippen LogP contribution is -2.35. The van der Waals surface area contributed by atoms with Crippen LogP contribution in [0.15, 0.2) is 0 Å². The molecule has 1 atom stereocenters. The predicted octanol–water partition coefficient (Wildman–Crippen LogP) is 3.77. The maximum Gasteiger partial charge on any atom is 0.434 e. The van der Waals surface area contributed by atoms with Crippen LogP contribution in [0.5, 0.6) is 0 Å². The van der Waals surface area contributed by atoms with Gasteiger partial charge in [0.2, 0.25) is 0 Å². The molecule has 7 heteroatoms. The minimum atomic E-state index is -4.40. The molecule has 0 saturated carbocycles. The lowest BCUT2D eigenvalue weighted by Gasteiger charge is -2.20. The molecule has 2 rings (SSSR count). The van der Waals surface area contributed by atoms with Crippen LogP contribution in [-0.2, 0) is 23.9 Å². The van der Waals surface area contributed by atoms with E-state index in [0.29, 0.717) is 18.0 Å². The minimum absolute atomic E-state index is 0.0145. The first-order chi connectivity index (χ1) is 9.65. The van der Waals surface area contributed by atoms with Crippen LogP contribution in [0, 0.1) is 0 Å². The van der Waals surface area contributed by atoms with Gasteiger partial charge in [-0.15, -0.1) is 11.3 Å². The third-order valence-corrected chi connectivity index (χ3v) is 4.29. The van der Waals surface area contributed by atoms with Crippen molar-refractivity contribution in [3.63, 3.8) is 0 Å². The zero-order valence-electron chi connectivity index (χ0n) is 12.5. The maximum atomic E-state index is 13.1. The zero-order chi connectivity index (χ0) is 15.7. The Labute approximate surface area is 126 Å². The summed E-state index contributed by atoms with van der Waals surface area (Å²) >= 11 is 1.14. The molecule has 0 spiro atoms. The molecule has 1 N–H and O–H groups in total. The fourth-order valence-corrected chi connectivity index (χ4v) is 3.27. The summed E-state index contributed by atoms with van der Waals surface area (Å²) in [5.41, 5.74) is -0.987. The average molecular weight is 322 g/mol. The van der Waals surface area contributed by atoms with Gasteiger partial charge < -0.3 is 10.1 Å². The third-order valence-electron chi connectivity index (χ3n) is 3.22. The summed E-state index contributed by atoms with van der Waals surface area (Å²) in [6.45, 7) is 6.65. The number of aromatic nitrogens is 1. The SMILES string of the molecule is CC(C)(C)NCc1sc(CC2CCCO2)nc1C(F)(F)F. The number of ether oxygens (including phenoxy) is 1. The molecular weight excluding hydrogens is 301 g/mol. The van der Waals surface area contributed by atoms with Crippen molar-refractivity contribution < 1.29 is 17.9 Å². The van der Waals surface area contributed by atoms with Crippen molar-refractivity contribution in [1.29, 1.82) is 0 Å². The Balaban J connectivity index is 2.14. The van der Waals surface area contributed by atoms with Crippen molar-refractivity contribution in [1.82, 2.24) is 10.3 Å². The van der Waals surface area contributed by atoms with Crippen molar-refractivity contribution in [3.05, 3.63) is 15.6 Å². The highest BCUT2D eigenvalue weighted by Gasteiger charge is 2.37. The number of alkyl halides is 3. The zero-order valence-corrected chi connectivity index (χ0v) is 13.3. The summed E-state index contributed by atoms with van der Waals surface area (Å²) in [6.07, 6.45) is -2.04. The van der Waals surface area contributed by atoms with Crippen molar-refractivity contribution in [2.24, 2.45) is 0 Å². The third kappa shape index (κ3) is 4.93. The van der Waals surface area contributed by atoms with E-state index in [-0.39, 0.29) is 23.1 Å². The predicted molar refractivity (Wildman–Crippen MR) is 76.4 cm³/mol. The summed E-state index contributed by atoms with van der Waals surface area (Å²) in [7, 11) is 0. The van der Waals surface area contributed by atoms with E-state index >= 15 is 0 Å². The van der Waals surface area contributed by atoms with Crippen LogP contribution >= 0.6 is 11.3 Å². The lowest BCUT2D eigenvalue weighted by molar-refractivity contribution is -0.141. The van der Waals surface area contributed by atoms with Crippen LogP contribution in [-0.4, -0.2) is 23.2 Å². The molecule has 0 radical (unpaired) electrons. The monoisotopic (exact) mass is 322 g/mol. The van der Waals surface area contributed by atoms with Gasteiger partial charge >= 0.3 is 6.18 Å². The van der Waals surface area contributed by atoms with Crippen LogP contribution in [0.1, 0.15) is 49.2 Å². The van der Waals surface area contributed by atoms with Crippen molar-refractivity contribution >= 4 is 11.3 Å². The topological polar surface area (TPSA) is 34.1 Å². The fourth-order valence-electron chi connectivity index (χ4n) is 2.17. The molecule has 1 aliphatic heterocycles. The van der Waals surface area contributed by atoms with Crippen LogP contribution in [0.25, 0.3) is 0 Å². The minimum Gasteiger partial charge on any atom is -0.378 e. The summed E-state index contributed by atoms with van der Waals surface area (Å²) in [4.78, 5) is 4.07. The lowest BCUT2D eigenvalue weighted by atomic mass is 10.1. The molecular formula is C14H21F3N2OS. The molecule has 21 heavy (non-hydrogen) atoms. The van der Waals surface area contributed by atoms with Crippen LogP contribution in [0.3, 0.4) is 0 Å². The summed E-state index contributed by atoms with van der Waals surface area (Å²) in [5.74, 6) is 0. The van der Waals surface area contributed by atoms with Gasteiger partial charge in [-0.25, -0.2) is 4.98 Å². The van der Waals surface area contributed by atoms with Gasteiger partial charge in [-0.1, -0.05) is 0 Å². The quantitative estimate of drug-likeness (QED) is 0.916. The molecule has 0 aromatic carbocycles. The number of nitrogens with zero attached hydrogens (tertiary/aromatic N) is 1. The number of hydrogen-bond acceptors (Lipinski definition) is 4. The van der Waals surface area contributed by atoms with E-state index in [9.17, 15) is 13.2 Å². The molecule has 1 saturated heterocycles. The molecule has 3 nitrogen and oxygen atoms in total. The molecule has 1 aromatic heterocycles. The van der Waals surface area contributed by atoms with Gasteiger partial charge in [0, 0.05) is 25.1 Å². The van der Waals surface area contributed by atoms with Crippen LogP contribution in [0.4, 0.5) is 13.2 Å². The molecule has 1 aromatic rings. The number of hydrogen-bond donors (Lipinski definition) is 1. The second-order valence-corrected chi connectivity index (χ2v) is 7.49. The van der Waals surface area contributed by atoms with E-state index in [1.165, 1.54) is 0 Å². The molecule has 0 aliphatic carbocycles. The molecule has 1 unspecified atom stereocenters. The molecule has 1 fully saturated rings. The van der Waals surface area contributed by atoms with Crippen molar-refractivity contribution in [2.75, 3.05) is 6.61 Å². The number of rotatable bonds is 4. The fraction of sp³-hybridized carbons (Fsp3) is 0.786. The van der Waals surface area contributed by atoms with E-state index in [0.717, 1.165) is 24.2 Å². The Morgan fingerprint density at radius 2 is 2.05 bits per heavy atom. The number of thiazole rings is 1. The van der Waals surface area contributed by atoms with E-state index < -0.39 is 11.9 Å². The molecule has 0 amide bonds. The summed E-state index contributed by atoms with van der Waals surface area (Å²) in [6, 6.07) is 0. The van der Waals surface area contributed by atoms with Gasteiger partial charge in [0.1, 0.15) is 0 Å². The van der Waals surface area contributed by atoms with E-state index in [1.54, 1.807) is 0 Å². The highest BCUT2D eigenvalue weighted by Crippen LogP contribution is 2.35. The van der Waals surface area contributed by atoms with Gasteiger partial charge in [0.05, 0.1) is 16.0 Å².